The SMILES string of the molecule is CN(C)Cc1cc(O)cc(C=O)c1. The van der Waals surface area contributed by atoms with Gasteiger partial charge in [-0.25, -0.2) is 0 Å². The summed E-state index contributed by atoms with van der Waals surface area (Å²) in [5.41, 5.74) is 1.45. The first-order valence-corrected chi connectivity index (χ1v) is 4.04. The van der Waals surface area contributed by atoms with Gasteiger partial charge in [-0.2, -0.15) is 0 Å². The van der Waals surface area contributed by atoms with Crippen LogP contribution in [0, 0.1) is 0 Å². The molecule has 0 amide bonds. The molecule has 1 N–H and O–H groups in total. The number of carbonyl (C=O) groups is 1. The molecule has 0 aromatic heterocycles. The molecule has 0 saturated heterocycles. The topological polar surface area (TPSA) is 40.5 Å². The fourth-order valence-corrected chi connectivity index (χ4v) is 1.22. The van der Waals surface area contributed by atoms with Crippen molar-refractivity contribution in [3.63, 3.8) is 0 Å². The lowest BCUT2D eigenvalue weighted by atomic mass is 10.1. The summed E-state index contributed by atoms with van der Waals surface area (Å²) in [5, 5.41) is 9.26. The van der Waals surface area contributed by atoms with E-state index in [1.165, 1.54) is 6.07 Å². The van der Waals surface area contributed by atoms with E-state index in [2.05, 4.69) is 0 Å². The number of aromatic hydroxyl groups is 1. The van der Waals surface area contributed by atoms with Crippen LogP contribution in [0.2, 0.25) is 0 Å². The molecule has 0 saturated carbocycles. The van der Waals surface area contributed by atoms with Crippen molar-refractivity contribution in [2.75, 3.05) is 14.1 Å². The van der Waals surface area contributed by atoms with E-state index in [0.29, 0.717) is 5.56 Å². The summed E-state index contributed by atoms with van der Waals surface area (Å²) in [6.45, 7) is 0.717. The van der Waals surface area contributed by atoms with Crippen molar-refractivity contribution in [3.05, 3.63) is 29.3 Å². The van der Waals surface area contributed by atoms with Crippen LogP contribution in [0.25, 0.3) is 0 Å². The molecule has 1 aromatic carbocycles. The Hall–Kier alpha value is -1.35. The second-order valence-corrected chi connectivity index (χ2v) is 3.29. The molecule has 3 heteroatoms. The monoisotopic (exact) mass is 179 g/mol. The maximum absolute atomic E-state index is 10.5. The van der Waals surface area contributed by atoms with Gasteiger partial charge in [0, 0.05) is 12.1 Å². The molecular weight excluding hydrogens is 166 g/mol. The second kappa shape index (κ2) is 4.05. The molecule has 0 atom stereocenters. The zero-order valence-electron chi connectivity index (χ0n) is 7.82. The van der Waals surface area contributed by atoms with Gasteiger partial charge in [0.2, 0.25) is 0 Å². The Labute approximate surface area is 77.6 Å². The van der Waals surface area contributed by atoms with Crippen molar-refractivity contribution >= 4 is 6.29 Å². The zero-order valence-corrected chi connectivity index (χ0v) is 7.82. The lowest BCUT2D eigenvalue weighted by molar-refractivity contribution is 0.112. The summed E-state index contributed by atoms with van der Waals surface area (Å²) >= 11 is 0. The summed E-state index contributed by atoms with van der Waals surface area (Å²) in [6.07, 6.45) is 0.735. The Balaban J connectivity index is 2.94. The van der Waals surface area contributed by atoms with Crippen LogP contribution in [0.3, 0.4) is 0 Å². The van der Waals surface area contributed by atoms with E-state index in [0.717, 1.165) is 18.4 Å². The van der Waals surface area contributed by atoms with Gasteiger partial charge < -0.3 is 10.0 Å². The van der Waals surface area contributed by atoms with E-state index < -0.39 is 0 Å². The molecule has 0 heterocycles. The van der Waals surface area contributed by atoms with Gasteiger partial charge in [0.1, 0.15) is 12.0 Å². The molecule has 0 aliphatic carbocycles. The largest absolute Gasteiger partial charge is 0.508 e. The standard InChI is InChI=1S/C10H13NO2/c1-11(2)6-8-3-9(7-12)5-10(13)4-8/h3-5,7,13H,6H2,1-2H3. The van der Waals surface area contributed by atoms with Gasteiger partial charge in [0.15, 0.2) is 0 Å². The lowest BCUT2D eigenvalue weighted by Crippen LogP contribution is -2.10. The number of hydrogen-bond donors (Lipinski definition) is 1. The summed E-state index contributed by atoms with van der Waals surface area (Å²) < 4.78 is 0. The number of carbonyl (C=O) groups excluding carboxylic acids is 1. The van der Waals surface area contributed by atoms with Crippen LogP contribution < -0.4 is 0 Å². The van der Waals surface area contributed by atoms with Gasteiger partial charge in [0.05, 0.1) is 0 Å². The molecule has 0 bridgehead atoms. The van der Waals surface area contributed by atoms with Crippen molar-refractivity contribution < 1.29 is 9.90 Å². The summed E-state index contributed by atoms with van der Waals surface area (Å²) in [6, 6.07) is 4.88. The highest BCUT2D eigenvalue weighted by Crippen LogP contribution is 2.15. The van der Waals surface area contributed by atoms with Crippen molar-refractivity contribution in [1.29, 1.82) is 0 Å². The Morgan fingerprint density at radius 3 is 2.62 bits per heavy atom. The Bertz CT molecular complexity index is 308. The van der Waals surface area contributed by atoms with E-state index in [1.807, 2.05) is 19.0 Å². The third kappa shape index (κ3) is 2.87. The van der Waals surface area contributed by atoms with Crippen molar-refractivity contribution in [3.8, 4) is 5.75 Å². The van der Waals surface area contributed by atoms with Gasteiger partial charge in [-0.15, -0.1) is 0 Å². The molecule has 70 valence electrons. The number of hydrogen-bond acceptors (Lipinski definition) is 3. The summed E-state index contributed by atoms with van der Waals surface area (Å²) in [7, 11) is 3.87. The van der Waals surface area contributed by atoms with Gasteiger partial charge in [-0.1, -0.05) is 0 Å². The molecule has 0 aliphatic rings. The molecule has 0 aliphatic heterocycles. The maximum Gasteiger partial charge on any atom is 0.150 e. The predicted molar refractivity (Wildman–Crippen MR) is 50.9 cm³/mol. The zero-order chi connectivity index (χ0) is 9.84. The molecular formula is C10H13NO2. The van der Waals surface area contributed by atoms with Crippen LogP contribution in [-0.4, -0.2) is 30.4 Å². The van der Waals surface area contributed by atoms with Gasteiger partial charge in [-0.3, -0.25) is 4.79 Å². The minimum Gasteiger partial charge on any atom is -0.508 e. The number of nitrogens with zero attached hydrogens (tertiary/aromatic N) is 1. The van der Waals surface area contributed by atoms with Crippen LogP contribution in [0.5, 0.6) is 5.75 Å². The number of rotatable bonds is 3. The highest BCUT2D eigenvalue weighted by Gasteiger charge is 2.00. The lowest BCUT2D eigenvalue weighted by Gasteiger charge is -2.10. The smallest absolute Gasteiger partial charge is 0.150 e. The number of phenolic OH excluding ortho intramolecular Hbond substituents is 1. The van der Waals surface area contributed by atoms with Gasteiger partial charge >= 0.3 is 0 Å². The van der Waals surface area contributed by atoms with Crippen LogP contribution >= 0.6 is 0 Å². The third-order valence-corrected chi connectivity index (χ3v) is 1.63. The summed E-state index contributed by atoms with van der Waals surface area (Å²) in [4.78, 5) is 12.4. The first kappa shape index (κ1) is 9.74. The molecule has 0 fully saturated rings. The predicted octanol–water partition coefficient (Wildman–Crippen LogP) is 1.27. The Morgan fingerprint density at radius 1 is 1.38 bits per heavy atom. The number of phenols is 1. The van der Waals surface area contributed by atoms with E-state index in [4.69, 9.17) is 0 Å². The Kier molecular flexibility index (Phi) is 3.03. The molecule has 3 nitrogen and oxygen atoms in total. The van der Waals surface area contributed by atoms with Crippen molar-refractivity contribution in [2.45, 2.75) is 6.54 Å². The van der Waals surface area contributed by atoms with Gasteiger partial charge in [-0.05, 0) is 37.9 Å². The van der Waals surface area contributed by atoms with Crippen molar-refractivity contribution in [2.24, 2.45) is 0 Å². The fourth-order valence-electron chi connectivity index (χ4n) is 1.22. The molecule has 1 aromatic rings. The maximum atomic E-state index is 10.5. The quantitative estimate of drug-likeness (QED) is 0.710. The fraction of sp³-hybridized carbons (Fsp3) is 0.300. The van der Waals surface area contributed by atoms with E-state index >= 15 is 0 Å². The minimum atomic E-state index is 0.140. The third-order valence-electron chi connectivity index (χ3n) is 1.63. The Morgan fingerprint density at radius 2 is 2.08 bits per heavy atom. The summed E-state index contributed by atoms with van der Waals surface area (Å²) in [5.74, 6) is 0.140. The van der Waals surface area contributed by atoms with Crippen molar-refractivity contribution in [1.82, 2.24) is 4.90 Å². The average Bonchev–Trinajstić information content (AvgIpc) is 2.01. The average molecular weight is 179 g/mol. The van der Waals surface area contributed by atoms with Crippen LogP contribution in [0.4, 0.5) is 0 Å². The normalized spacial score (nSPS) is 10.4. The number of aldehydes is 1. The minimum absolute atomic E-state index is 0.140. The second-order valence-electron chi connectivity index (χ2n) is 3.29. The van der Waals surface area contributed by atoms with E-state index in [9.17, 15) is 9.90 Å². The van der Waals surface area contributed by atoms with Crippen LogP contribution in [0.1, 0.15) is 15.9 Å². The highest BCUT2D eigenvalue weighted by atomic mass is 16.3. The molecule has 0 unspecified atom stereocenters. The first-order chi connectivity index (χ1) is 6.11. The highest BCUT2D eigenvalue weighted by molar-refractivity contribution is 5.75. The molecule has 13 heavy (non-hydrogen) atoms. The molecule has 0 spiro atoms. The van der Waals surface area contributed by atoms with E-state index in [-0.39, 0.29) is 5.75 Å². The molecule has 1 rings (SSSR count). The van der Waals surface area contributed by atoms with Crippen LogP contribution in [0.15, 0.2) is 18.2 Å². The van der Waals surface area contributed by atoms with Gasteiger partial charge in [0.25, 0.3) is 0 Å². The number of benzene rings is 1. The first-order valence-electron chi connectivity index (χ1n) is 4.04. The van der Waals surface area contributed by atoms with Crippen LogP contribution in [-0.2, 0) is 6.54 Å². The van der Waals surface area contributed by atoms with E-state index in [1.54, 1.807) is 12.1 Å². The molecule has 0 radical (unpaired) electrons.